The Hall–Kier alpha value is -0.875. The molecule has 2 heterocycles. The smallest absolute Gasteiger partial charge is 0.369 e. The number of likely N-dealkylation sites (N-methyl/N-ethyl adjacent to an activating group) is 1. The van der Waals surface area contributed by atoms with E-state index < -0.39 is 0 Å². The fourth-order valence-electron chi connectivity index (χ4n) is 3.24. The van der Waals surface area contributed by atoms with Gasteiger partial charge in [0.2, 0.25) is 0 Å². The highest BCUT2D eigenvalue weighted by Gasteiger charge is 2.21. The summed E-state index contributed by atoms with van der Waals surface area (Å²) in [6.07, 6.45) is 6.66. The third-order valence-corrected chi connectivity index (χ3v) is 4.94. The zero-order chi connectivity index (χ0) is 22.8. The van der Waals surface area contributed by atoms with Crippen molar-refractivity contribution < 1.29 is 14.7 Å². The largest absolute Gasteiger partial charge is 0.504 e. The van der Waals surface area contributed by atoms with Crippen molar-refractivity contribution in [1.29, 1.82) is 0 Å². The fraction of sp³-hybridized carbons (Fsp3) is 0.500. The Morgan fingerprint density at radius 3 is 2.45 bits per heavy atom. The van der Waals surface area contributed by atoms with Crippen LogP contribution < -0.4 is 0 Å². The summed E-state index contributed by atoms with van der Waals surface area (Å²) >= 11 is 9.31. The first-order valence-corrected chi connectivity index (χ1v) is 12.8. The number of phenols is 2. The first kappa shape index (κ1) is 26.4. The molecule has 1 saturated heterocycles. The van der Waals surface area contributed by atoms with Crippen molar-refractivity contribution in [2.75, 3.05) is 40.3 Å². The number of phenolic OH excluding ortho intramolecular Hbond substituents is 2. The van der Waals surface area contributed by atoms with Crippen molar-refractivity contribution in [2.45, 2.75) is 19.3 Å². The lowest BCUT2D eigenvalue weighted by Gasteiger charge is -2.32. The first-order chi connectivity index (χ1) is 14.7. The Bertz CT molecular complexity index is 825. The SMILES string of the molecule is BrB(Br)Br.CN(C)CCN1CCC(Cc2noc(C=Cc3ccc(O)c(O)c3)n2)CC1. The molecule has 1 aromatic heterocycles. The van der Waals surface area contributed by atoms with Gasteiger partial charge in [0.15, 0.2) is 17.3 Å². The molecule has 1 fully saturated rings. The normalized spacial score (nSPS) is 15.3. The topological polar surface area (TPSA) is 85.9 Å². The third kappa shape index (κ3) is 10.5. The predicted molar refractivity (Wildman–Crippen MR) is 137 cm³/mol. The average Bonchev–Trinajstić information content (AvgIpc) is 3.15. The summed E-state index contributed by atoms with van der Waals surface area (Å²) < 4.78 is 5.56. The molecular formula is C20H28BBr3N4O3. The predicted octanol–water partition coefficient (Wildman–Crippen LogP) is 4.62. The lowest BCUT2D eigenvalue weighted by molar-refractivity contribution is 0.169. The van der Waals surface area contributed by atoms with Gasteiger partial charge in [0.1, 0.15) is 0 Å². The maximum Gasteiger partial charge on any atom is 0.369 e. The molecule has 0 atom stereocenters. The summed E-state index contributed by atoms with van der Waals surface area (Å²) in [5.41, 5.74) is 0.746. The van der Waals surface area contributed by atoms with Gasteiger partial charge in [0.25, 0.3) is 5.89 Å². The molecule has 2 N–H and O–H groups in total. The van der Waals surface area contributed by atoms with Crippen LogP contribution in [0.5, 0.6) is 11.5 Å². The first-order valence-electron chi connectivity index (χ1n) is 10.0. The van der Waals surface area contributed by atoms with Crippen LogP contribution in [0.25, 0.3) is 12.2 Å². The van der Waals surface area contributed by atoms with Crippen molar-refractivity contribution in [3.63, 3.8) is 0 Å². The summed E-state index contributed by atoms with van der Waals surface area (Å²) in [7, 11) is 4.22. The third-order valence-electron chi connectivity index (χ3n) is 4.94. The van der Waals surface area contributed by atoms with E-state index in [2.05, 4.69) is 81.3 Å². The molecule has 1 aliphatic rings. The molecule has 3 rings (SSSR count). The number of hydrogen-bond acceptors (Lipinski definition) is 7. The molecule has 2 aromatic rings. The van der Waals surface area contributed by atoms with E-state index in [9.17, 15) is 10.2 Å². The standard InChI is InChI=1S/C20H28N4O3.BBr3/c1-23(2)11-12-24-9-7-16(8-10-24)14-19-21-20(27-22-19)6-4-15-3-5-17(25)18(26)13-15;2-1(3)4/h3-6,13,16,25-26H,7-12,14H2,1-2H3;. The summed E-state index contributed by atoms with van der Waals surface area (Å²) in [6, 6.07) is 4.62. The van der Waals surface area contributed by atoms with E-state index in [1.807, 2.05) is 0 Å². The Kier molecular flexibility index (Phi) is 11.6. The molecule has 0 unspecified atom stereocenters. The van der Waals surface area contributed by atoms with Gasteiger partial charge in [-0.15, -0.1) is 47.3 Å². The second-order valence-corrected chi connectivity index (χ2v) is 14.1. The number of rotatable bonds is 7. The van der Waals surface area contributed by atoms with Crippen molar-refractivity contribution in [3.8, 4) is 11.5 Å². The monoisotopic (exact) mass is 620 g/mol. The molecule has 11 heteroatoms. The molecule has 0 aliphatic carbocycles. The molecule has 1 aliphatic heterocycles. The number of nitrogens with zero attached hydrogens (tertiary/aromatic N) is 4. The van der Waals surface area contributed by atoms with E-state index in [4.69, 9.17) is 4.52 Å². The summed E-state index contributed by atoms with van der Waals surface area (Å²) in [5, 5.41) is 22.9. The van der Waals surface area contributed by atoms with Crippen LogP contribution in [-0.4, -0.2) is 73.6 Å². The molecule has 31 heavy (non-hydrogen) atoms. The van der Waals surface area contributed by atoms with Crippen molar-refractivity contribution >= 4 is 62.6 Å². The lowest BCUT2D eigenvalue weighted by atomic mass is 9.93. The second-order valence-electron chi connectivity index (χ2n) is 7.67. The van der Waals surface area contributed by atoms with Crippen LogP contribution in [-0.2, 0) is 6.42 Å². The van der Waals surface area contributed by atoms with Crippen LogP contribution in [0.15, 0.2) is 22.7 Å². The van der Waals surface area contributed by atoms with Gasteiger partial charge in [-0.05, 0) is 69.7 Å². The van der Waals surface area contributed by atoms with Crippen molar-refractivity contribution in [1.82, 2.24) is 19.9 Å². The Balaban J connectivity index is 0.000000785. The van der Waals surface area contributed by atoms with E-state index in [1.54, 1.807) is 18.2 Å². The Morgan fingerprint density at radius 2 is 1.84 bits per heavy atom. The van der Waals surface area contributed by atoms with Gasteiger partial charge in [-0.25, -0.2) is 0 Å². The van der Waals surface area contributed by atoms with Gasteiger partial charge < -0.3 is 24.5 Å². The molecule has 0 saturated carbocycles. The highest BCUT2D eigenvalue weighted by molar-refractivity contribution is 9.69. The van der Waals surface area contributed by atoms with Gasteiger partial charge >= 0.3 is 3.18 Å². The number of benzene rings is 1. The quantitative estimate of drug-likeness (QED) is 0.344. The van der Waals surface area contributed by atoms with Gasteiger partial charge in [-0.3, -0.25) is 0 Å². The van der Waals surface area contributed by atoms with Crippen LogP contribution in [0.2, 0.25) is 0 Å². The number of aromatic nitrogens is 2. The molecule has 0 bridgehead atoms. The van der Waals surface area contributed by atoms with E-state index in [-0.39, 0.29) is 14.7 Å². The summed E-state index contributed by atoms with van der Waals surface area (Å²) in [6.45, 7) is 4.49. The molecule has 0 amide bonds. The summed E-state index contributed by atoms with van der Waals surface area (Å²) in [5.74, 6) is 1.50. The highest BCUT2D eigenvalue weighted by atomic mass is 79.9. The minimum atomic E-state index is -0.153. The Labute approximate surface area is 208 Å². The zero-order valence-corrected chi connectivity index (χ0v) is 22.5. The average molecular weight is 623 g/mol. The van der Waals surface area contributed by atoms with Crippen LogP contribution in [0, 0.1) is 5.92 Å². The minimum Gasteiger partial charge on any atom is -0.504 e. The molecular weight excluding hydrogens is 595 g/mol. The second kappa shape index (κ2) is 13.6. The maximum absolute atomic E-state index is 9.52. The van der Waals surface area contributed by atoms with Gasteiger partial charge in [0.05, 0.1) is 0 Å². The summed E-state index contributed by atoms with van der Waals surface area (Å²) in [4.78, 5) is 9.19. The van der Waals surface area contributed by atoms with Gasteiger partial charge in [-0.1, -0.05) is 11.2 Å². The molecule has 0 spiro atoms. The van der Waals surface area contributed by atoms with Gasteiger partial charge in [0, 0.05) is 25.6 Å². The van der Waals surface area contributed by atoms with Crippen LogP contribution >= 0.6 is 47.3 Å². The highest BCUT2D eigenvalue weighted by Crippen LogP contribution is 2.26. The van der Waals surface area contributed by atoms with Crippen molar-refractivity contribution in [3.05, 3.63) is 35.5 Å². The van der Waals surface area contributed by atoms with E-state index >= 15 is 0 Å². The number of halogens is 3. The number of piperidine rings is 1. The van der Waals surface area contributed by atoms with E-state index in [0.717, 1.165) is 44.0 Å². The molecule has 170 valence electrons. The zero-order valence-electron chi connectivity index (χ0n) is 17.7. The van der Waals surface area contributed by atoms with Crippen LogP contribution in [0.4, 0.5) is 0 Å². The van der Waals surface area contributed by atoms with E-state index in [1.165, 1.54) is 25.0 Å². The molecule has 7 nitrogen and oxygen atoms in total. The number of hydrogen-bond donors (Lipinski definition) is 2. The fourth-order valence-corrected chi connectivity index (χ4v) is 3.24. The maximum atomic E-state index is 9.52. The van der Waals surface area contributed by atoms with Gasteiger partial charge in [-0.2, -0.15) is 4.98 Å². The molecule has 0 radical (unpaired) electrons. The number of aromatic hydroxyl groups is 2. The number of likely N-dealkylation sites (tertiary alicyclic amines) is 1. The van der Waals surface area contributed by atoms with Crippen LogP contribution in [0.3, 0.4) is 0 Å². The van der Waals surface area contributed by atoms with E-state index in [0.29, 0.717) is 11.8 Å². The van der Waals surface area contributed by atoms with Crippen molar-refractivity contribution in [2.24, 2.45) is 5.92 Å². The minimum absolute atomic E-state index is 0.139. The van der Waals surface area contributed by atoms with Crippen LogP contribution in [0.1, 0.15) is 30.1 Å². The lowest BCUT2D eigenvalue weighted by Crippen LogP contribution is -2.38. The Morgan fingerprint density at radius 1 is 1.16 bits per heavy atom. The molecule has 1 aromatic carbocycles.